The SMILES string of the molecule is Cn1nc(-c2ccc(F)cc2)cc1C(=O)N1CCN(c2cccnc2)C(=O)C1. The molecule has 0 bridgehead atoms. The van der Waals surface area contributed by atoms with Gasteiger partial charge in [0, 0.05) is 31.9 Å². The summed E-state index contributed by atoms with van der Waals surface area (Å²) in [4.78, 5) is 32.6. The van der Waals surface area contributed by atoms with Gasteiger partial charge in [-0.2, -0.15) is 5.10 Å². The molecule has 0 aliphatic carbocycles. The summed E-state index contributed by atoms with van der Waals surface area (Å²) in [6, 6.07) is 11.2. The maximum atomic E-state index is 13.1. The summed E-state index contributed by atoms with van der Waals surface area (Å²) >= 11 is 0. The first kappa shape index (κ1) is 17.8. The van der Waals surface area contributed by atoms with Crippen molar-refractivity contribution in [1.82, 2.24) is 19.7 Å². The molecule has 1 aromatic carbocycles. The van der Waals surface area contributed by atoms with Gasteiger partial charge in [-0.3, -0.25) is 19.3 Å². The van der Waals surface area contributed by atoms with Crippen LogP contribution in [0.2, 0.25) is 0 Å². The van der Waals surface area contributed by atoms with E-state index < -0.39 is 0 Å². The molecule has 28 heavy (non-hydrogen) atoms. The first-order valence-electron chi connectivity index (χ1n) is 8.82. The number of rotatable bonds is 3. The Morgan fingerprint density at radius 3 is 2.61 bits per heavy atom. The van der Waals surface area contributed by atoms with Gasteiger partial charge in [-0.15, -0.1) is 0 Å². The molecular weight excluding hydrogens is 361 g/mol. The van der Waals surface area contributed by atoms with Gasteiger partial charge in [0.2, 0.25) is 5.91 Å². The predicted octanol–water partition coefficient (Wildman–Crippen LogP) is 2.11. The average Bonchev–Trinajstić information content (AvgIpc) is 3.10. The molecule has 0 N–H and O–H groups in total. The number of pyridine rings is 1. The Morgan fingerprint density at radius 2 is 1.93 bits per heavy atom. The van der Waals surface area contributed by atoms with Crippen molar-refractivity contribution in [3.05, 3.63) is 66.4 Å². The fourth-order valence-electron chi connectivity index (χ4n) is 3.22. The third-order valence-corrected chi connectivity index (χ3v) is 4.70. The van der Waals surface area contributed by atoms with Crippen LogP contribution in [-0.2, 0) is 11.8 Å². The van der Waals surface area contributed by atoms with Crippen molar-refractivity contribution in [1.29, 1.82) is 0 Å². The zero-order chi connectivity index (χ0) is 19.7. The molecule has 142 valence electrons. The standard InChI is InChI=1S/C20H18FN5O2/c1-24-18(11-17(23-24)14-4-6-15(21)7-5-14)20(28)25-9-10-26(19(27)13-25)16-3-2-8-22-12-16/h2-8,11-12H,9-10,13H2,1H3. The molecule has 3 aromatic rings. The second-order valence-electron chi connectivity index (χ2n) is 6.53. The van der Waals surface area contributed by atoms with Crippen molar-refractivity contribution in [2.45, 2.75) is 0 Å². The third kappa shape index (κ3) is 3.36. The van der Waals surface area contributed by atoms with Crippen molar-refractivity contribution < 1.29 is 14.0 Å². The van der Waals surface area contributed by atoms with Crippen LogP contribution in [0.4, 0.5) is 10.1 Å². The second-order valence-corrected chi connectivity index (χ2v) is 6.53. The van der Waals surface area contributed by atoms with Crippen LogP contribution < -0.4 is 4.90 Å². The Hall–Kier alpha value is -3.55. The molecule has 8 heteroatoms. The third-order valence-electron chi connectivity index (χ3n) is 4.70. The van der Waals surface area contributed by atoms with Gasteiger partial charge in [-0.25, -0.2) is 4.39 Å². The molecule has 2 amide bonds. The number of piperazine rings is 1. The maximum Gasteiger partial charge on any atom is 0.272 e. The summed E-state index contributed by atoms with van der Waals surface area (Å²) in [5, 5.41) is 4.35. The lowest BCUT2D eigenvalue weighted by molar-refractivity contribution is -0.120. The highest BCUT2D eigenvalue weighted by Crippen LogP contribution is 2.21. The van der Waals surface area contributed by atoms with E-state index in [1.165, 1.54) is 21.7 Å². The number of benzene rings is 1. The van der Waals surface area contributed by atoms with Gasteiger partial charge < -0.3 is 9.80 Å². The number of aryl methyl sites for hydroxylation is 1. The van der Waals surface area contributed by atoms with Gasteiger partial charge in [-0.05, 0) is 42.5 Å². The van der Waals surface area contributed by atoms with Crippen LogP contribution in [0, 0.1) is 5.82 Å². The number of aromatic nitrogens is 3. The number of carbonyl (C=O) groups is 2. The molecule has 7 nitrogen and oxygen atoms in total. The highest BCUT2D eigenvalue weighted by molar-refractivity contribution is 6.01. The summed E-state index contributed by atoms with van der Waals surface area (Å²) in [5.74, 6) is -0.753. The van der Waals surface area contributed by atoms with E-state index in [0.29, 0.717) is 30.0 Å². The van der Waals surface area contributed by atoms with Crippen molar-refractivity contribution >= 4 is 17.5 Å². The number of anilines is 1. The lowest BCUT2D eigenvalue weighted by Gasteiger charge is -2.34. The molecule has 4 rings (SSSR count). The predicted molar refractivity (Wildman–Crippen MR) is 101 cm³/mol. The lowest BCUT2D eigenvalue weighted by Crippen LogP contribution is -2.52. The van der Waals surface area contributed by atoms with Crippen LogP contribution in [0.3, 0.4) is 0 Å². The number of hydrogen-bond donors (Lipinski definition) is 0. The first-order chi connectivity index (χ1) is 13.5. The van der Waals surface area contributed by atoms with Crippen LogP contribution in [-0.4, -0.2) is 51.1 Å². The number of carbonyl (C=O) groups excluding carboxylic acids is 2. The van der Waals surface area contributed by atoms with Crippen LogP contribution >= 0.6 is 0 Å². The number of nitrogens with zero attached hydrogens (tertiary/aromatic N) is 5. The molecule has 0 unspecified atom stereocenters. The van der Waals surface area contributed by atoms with Gasteiger partial charge in [0.05, 0.1) is 17.6 Å². The number of halogens is 1. The normalized spacial score (nSPS) is 14.4. The summed E-state index contributed by atoms with van der Waals surface area (Å²) in [6.45, 7) is 0.806. The summed E-state index contributed by atoms with van der Waals surface area (Å²) < 4.78 is 14.6. The molecule has 1 saturated heterocycles. The zero-order valence-corrected chi connectivity index (χ0v) is 15.2. The van der Waals surface area contributed by atoms with E-state index in [4.69, 9.17) is 0 Å². The molecule has 1 fully saturated rings. The lowest BCUT2D eigenvalue weighted by atomic mass is 10.1. The molecule has 0 spiro atoms. The summed E-state index contributed by atoms with van der Waals surface area (Å²) in [7, 11) is 1.67. The number of amides is 2. The minimum Gasteiger partial charge on any atom is -0.326 e. The van der Waals surface area contributed by atoms with Crippen molar-refractivity contribution in [3.8, 4) is 11.3 Å². The Kier molecular flexibility index (Phi) is 4.60. The van der Waals surface area contributed by atoms with E-state index in [9.17, 15) is 14.0 Å². The molecule has 0 radical (unpaired) electrons. The Morgan fingerprint density at radius 1 is 1.14 bits per heavy atom. The van der Waals surface area contributed by atoms with E-state index in [-0.39, 0.29) is 24.2 Å². The fraction of sp³-hybridized carbons (Fsp3) is 0.200. The summed E-state index contributed by atoms with van der Waals surface area (Å²) in [5.41, 5.74) is 2.39. The highest BCUT2D eigenvalue weighted by atomic mass is 19.1. The summed E-state index contributed by atoms with van der Waals surface area (Å²) in [6.07, 6.45) is 3.28. The molecule has 3 heterocycles. The fourth-order valence-corrected chi connectivity index (χ4v) is 3.22. The minimum atomic E-state index is -0.332. The van der Waals surface area contributed by atoms with Gasteiger partial charge in [0.1, 0.15) is 18.1 Å². The zero-order valence-electron chi connectivity index (χ0n) is 15.2. The Balaban J connectivity index is 1.51. The van der Waals surface area contributed by atoms with Gasteiger partial charge in [-0.1, -0.05) is 0 Å². The molecular formula is C20H18FN5O2. The van der Waals surface area contributed by atoms with Gasteiger partial charge in [0.15, 0.2) is 0 Å². The molecule has 0 atom stereocenters. The van der Waals surface area contributed by atoms with Crippen LogP contribution in [0.5, 0.6) is 0 Å². The molecule has 0 saturated carbocycles. The van der Waals surface area contributed by atoms with E-state index >= 15 is 0 Å². The van der Waals surface area contributed by atoms with E-state index in [1.54, 1.807) is 48.6 Å². The topological polar surface area (TPSA) is 71.3 Å². The maximum absolute atomic E-state index is 13.1. The first-order valence-corrected chi connectivity index (χ1v) is 8.82. The van der Waals surface area contributed by atoms with Crippen molar-refractivity contribution in [2.75, 3.05) is 24.5 Å². The van der Waals surface area contributed by atoms with Gasteiger partial charge >= 0.3 is 0 Å². The van der Waals surface area contributed by atoms with E-state index in [1.807, 2.05) is 6.07 Å². The molecule has 1 aliphatic heterocycles. The van der Waals surface area contributed by atoms with Crippen LogP contribution in [0.1, 0.15) is 10.5 Å². The van der Waals surface area contributed by atoms with Crippen LogP contribution in [0.25, 0.3) is 11.3 Å². The van der Waals surface area contributed by atoms with Crippen LogP contribution in [0.15, 0.2) is 54.9 Å². The Labute approximate surface area is 161 Å². The highest BCUT2D eigenvalue weighted by Gasteiger charge is 2.30. The van der Waals surface area contributed by atoms with E-state index in [2.05, 4.69) is 10.1 Å². The van der Waals surface area contributed by atoms with Crippen molar-refractivity contribution in [2.24, 2.45) is 7.05 Å². The Bertz CT molecular complexity index is 1020. The quantitative estimate of drug-likeness (QED) is 0.699. The minimum absolute atomic E-state index is 0.00914. The number of hydrogen-bond acceptors (Lipinski definition) is 4. The molecule has 1 aliphatic rings. The smallest absolute Gasteiger partial charge is 0.272 e. The molecule has 2 aromatic heterocycles. The second kappa shape index (κ2) is 7.22. The average molecular weight is 379 g/mol. The van der Waals surface area contributed by atoms with Crippen molar-refractivity contribution in [3.63, 3.8) is 0 Å². The van der Waals surface area contributed by atoms with E-state index in [0.717, 1.165) is 5.69 Å². The largest absolute Gasteiger partial charge is 0.326 e. The van der Waals surface area contributed by atoms with Gasteiger partial charge in [0.25, 0.3) is 5.91 Å². The monoisotopic (exact) mass is 379 g/mol.